The summed E-state index contributed by atoms with van der Waals surface area (Å²) in [6.07, 6.45) is 0. The molecule has 2 aromatic heterocycles. The molecule has 0 fully saturated rings. The zero-order chi connectivity index (χ0) is 19.1. The summed E-state index contributed by atoms with van der Waals surface area (Å²) in [6.45, 7) is 6.12. The third kappa shape index (κ3) is 2.87. The highest BCUT2D eigenvalue weighted by Crippen LogP contribution is 2.28. The van der Waals surface area contributed by atoms with Gasteiger partial charge in [0.25, 0.3) is 5.91 Å². The van der Waals surface area contributed by atoms with E-state index in [0.717, 1.165) is 33.3 Å². The van der Waals surface area contributed by atoms with Crippen LogP contribution in [0.3, 0.4) is 0 Å². The predicted octanol–water partition coefficient (Wildman–Crippen LogP) is 2.58. The van der Waals surface area contributed by atoms with Gasteiger partial charge in [-0.05, 0) is 55.5 Å². The first-order valence-electron chi connectivity index (χ1n) is 8.66. The van der Waals surface area contributed by atoms with Crippen LogP contribution in [0.2, 0.25) is 0 Å². The summed E-state index contributed by atoms with van der Waals surface area (Å²) in [6, 6.07) is 13.5. The van der Waals surface area contributed by atoms with Crippen molar-refractivity contribution in [1.82, 2.24) is 24.8 Å². The van der Waals surface area contributed by atoms with Gasteiger partial charge in [-0.15, -0.1) is 0 Å². The topological polar surface area (TPSA) is 85.6 Å². The largest absolute Gasteiger partial charge is 0.361 e. The number of aryl methyl sites for hydroxylation is 2. The number of carbonyl (C=O) groups is 1. The van der Waals surface area contributed by atoms with Gasteiger partial charge in [0.15, 0.2) is 0 Å². The summed E-state index contributed by atoms with van der Waals surface area (Å²) < 4.78 is 2.96. The second-order valence-electron chi connectivity index (χ2n) is 6.76. The van der Waals surface area contributed by atoms with Gasteiger partial charge in [-0.25, -0.2) is 9.89 Å². The lowest BCUT2D eigenvalue weighted by Gasteiger charge is -2.08. The lowest BCUT2D eigenvalue weighted by Crippen LogP contribution is -2.19. The minimum Gasteiger partial charge on any atom is -0.280 e. The molecule has 0 aliphatic carbocycles. The van der Waals surface area contributed by atoms with E-state index in [2.05, 4.69) is 15.5 Å². The summed E-state index contributed by atoms with van der Waals surface area (Å²) in [4.78, 5) is 25.1. The van der Waals surface area contributed by atoms with E-state index in [9.17, 15) is 9.59 Å². The number of nitrogens with one attached hydrogen (secondary N) is 1. The Balaban J connectivity index is 1.92. The van der Waals surface area contributed by atoms with Gasteiger partial charge in [0.2, 0.25) is 0 Å². The maximum Gasteiger partial charge on any atom is 0.361 e. The monoisotopic (exact) mass is 361 g/mol. The minimum atomic E-state index is -0.382. The van der Waals surface area contributed by atoms with E-state index in [-0.39, 0.29) is 18.1 Å². The second-order valence-corrected chi connectivity index (χ2v) is 6.76. The van der Waals surface area contributed by atoms with Crippen molar-refractivity contribution in [3.63, 3.8) is 0 Å². The molecule has 0 saturated carbocycles. The van der Waals surface area contributed by atoms with Crippen molar-refractivity contribution in [2.75, 3.05) is 0 Å². The van der Waals surface area contributed by atoms with E-state index in [1.54, 1.807) is 4.57 Å². The first kappa shape index (κ1) is 17.0. The summed E-state index contributed by atoms with van der Waals surface area (Å²) in [5.74, 6) is -0.0971. The molecule has 136 valence electrons. The molecule has 0 amide bonds. The molecule has 0 aliphatic rings. The van der Waals surface area contributed by atoms with Crippen molar-refractivity contribution in [2.24, 2.45) is 0 Å². The van der Waals surface area contributed by atoms with Gasteiger partial charge in [0.05, 0.1) is 12.1 Å². The van der Waals surface area contributed by atoms with E-state index < -0.39 is 0 Å². The molecular weight excluding hydrogens is 342 g/mol. The molecule has 0 spiro atoms. The molecule has 7 nitrogen and oxygen atoms in total. The number of H-pyrrole nitrogens is 1. The van der Waals surface area contributed by atoms with Crippen molar-refractivity contribution < 1.29 is 4.79 Å². The zero-order valence-electron chi connectivity index (χ0n) is 15.4. The average molecular weight is 361 g/mol. The fourth-order valence-electron chi connectivity index (χ4n) is 3.35. The van der Waals surface area contributed by atoms with Crippen LogP contribution in [0.4, 0.5) is 0 Å². The second kappa shape index (κ2) is 6.35. The summed E-state index contributed by atoms with van der Waals surface area (Å²) in [7, 11) is 0. The van der Waals surface area contributed by atoms with Crippen LogP contribution >= 0.6 is 0 Å². The van der Waals surface area contributed by atoms with E-state index >= 15 is 0 Å². The number of nitrogens with zero attached hydrogens (tertiary/aromatic N) is 4. The fraction of sp³-hybridized carbons (Fsp3) is 0.200. The maximum absolute atomic E-state index is 13.2. The number of hydrogen-bond acceptors (Lipinski definition) is 4. The number of carbonyl (C=O) groups excluding carboxylic acids is 1. The Bertz CT molecular complexity index is 1210. The van der Waals surface area contributed by atoms with Gasteiger partial charge in [0.1, 0.15) is 0 Å². The summed E-state index contributed by atoms with van der Waals surface area (Å²) in [5.41, 5.74) is 4.90. The summed E-state index contributed by atoms with van der Waals surface area (Å²) >= 11 is 0. The van der Waals surface area contributed by atoms with Gasteiger partial charge in [0, 0.05) is 22.2 Å². The maximum atomic E-state index is 13.2. The SMILES string of the molecule is Cc1ccc(C(=O)n2c(C)c(Cn3nn[nH]c3=O)c3cc(C)ccc32)cc1. The molecule has 0 unspecified atom stereocenters. The Morgan fingerprint density at radius 3 is 2.41 bits per heavy atom. The Morgan fingerprint density at radius 2 is 1.74 bits per heavy atom. The molecule has 0 radical (unpaired) electrons. The molecule has 2 heterocycles. The van der Waals surface area contributed by atoms with E-state index in [1.165, 1.54) is 4.68 Å². The number of aromatic nitrogens is 5. The van der Waals surface area contributed by atoms with Crippen LogP contribution in [0.5, 0.6) is 0 Å². The number of fused-ring (bicyclic) bond motifs is 1. The third-order valence-corrected chi connectivity index (χ3v) is 4.83. The van der Waals surface area contributed by atoms with Crippen molar-refractivity contribution in [3.8, 4) is 0 Å². The highest BCUT2D eigenvalue weighted by atomic mass is 16.2. The lowest BCUT2D eigenvalue weighted by molar-refractivity contribution is 0.0963. The zero-order valence-corrected chi connectivity index (χ0v) is 15.4. The van der Waals surface area contributed by atoms with Crippen LogP contribution in [0.25, 0.3) is 10.9 Å². The van der Waals surface area contributed by atoms with E-state index in [4.69, 9.17) is 0 Å². The smallest absolute Gasteiger partial charge is 0.280 e. The molecule has 4 rings (SSSR count). The first-order valence-corrected chi connectivity index (χ1v) is 8.66. The molecule has 4 aromatic rings. The normalized spacial score (nSPS) is 11.2. The number of rotatable bonds is 3. The lowest BCUT2D eigenvalue weighted by atomic mass is 10.1. The van der Waals surface area contributed by atoms with Gasteiger partial charge >= 0.3 is 5.69 Å². The van der Waals surface area contributed by atoms with Gasteiger partial charge in [-0.1, -0.05) is 29.3 Å². The van der Waals surface area contributed by atoms with Gasteiger partial charge in [-0.3, -0.25) is 9.36 Å². The van der Waals surface area contributed by atoms with E-state index in [1.807, 2.05) is 63.2 Å². The molecule has 1 N–H and O–H groups in total. The quantitative estimate of drug-likeness (QED) is 0.608. The standard InChI is InChI=1S/C20H19N5O2/c1-12-4-7-15(8-5-12)19(26)25-14(3)17(11-24-20(27)21-22-23-24)16-10-13(2)6-9-18(16)25/h4-10H,11H2,1-3H3,(H,21,23,27). The molecule has 7 heteroatoms. The Hall–Kier alpha value is -3.48. The van der Waals surface area contributed by atoms with Crippen LogP contribution in [0, 0.1) is 20.8 Å². The fourth-order valence-corrected chi connectivity index (χ4v) is 3.35. The molecule has 2 aromatic carbocycles. The van der Waals surface area contributed by atoms with Gasteiger partial charge in [-0.2, -0.15) is 4.68 Å². The molecule has 0 aliphatic heterocycles. The van der Waals surface area contributed by atoms with Crippen molar-refractivity contribution >= 4 is 16.8 Å². The predicted molar refractivity (Wildman–Crippen MR) is 102 cm³/mol. The van der Waals surface area contributed by atoms with E-state index in [0.29, 0.717) is 5.56 Å². The van der Waals surface area contributed by atoms with Crippen LogP contribution < -0.4 is 5.69 Å². The van der Waals surface area contributed by atoms with Gasteiger partial charge < -0.3 is 0 Å². The number of aromatic amines is 1. The average Bonchev–Trinajstić information content (AvgIpc) is 3.17. The first-order chi connectivity index (χ1) is 13.0. The molecule has 0 bridgehead atoms. The number of tetrazole rings is 1. The summed E-state index contributed by atoms with van der Waals surface area (Å²) in [5, 5.41) is 10.6. The Labute approximate surface area is 155 Å². The van der Waals surface area contributed by atoms with Crippen LogP contribution in [0.15, 0.2) is 47.3 Å². The van der Waals surface area contributed by atoms with Crippen molar-refractivity contribution in [1.29, 1.82) is 0 Å². The number of hydrogen-bond donors (Lipinski definition) is 1. The highest BCUT2D eigenvalue weighted by molar-refractivity contribution is 6.04. The molecular formula is C20H19N5O2. The van der Waals surface area contributed by atoms with Crippen LogP contribution in [-0.4, -0.2) is 30.7 Å². The Morgan fingerprint density at radius 1 is 1.04 bits per heavy atom. The molecule has 0 saturated heterocycles. The minimum absolute atomic E-state index is 0.0971. The van der Waals surface area contributed by atoms with Crippen LogP contribution in [0.1, 0.15) is 32.7 Å². The van der Waals surface area contributed by atoms with Crippen molar-refractivity contribution in [2.45, 2.75) is 27.3 Å². The highest BCUT2D eigenvalue weighted by Gasteiger charge is 2.21. The van der Waals surface area contributed by atoms with Crippen LogP contribution in [-0.2, 0) is 6.54 Å². The molecule has 27 heavy (non-hydrogen) atoms. The third-order valence-electron chi connectivity index (χ3n) is 4.83. The number of benzene rings is 2. The molecule has 0 atom stereocenters. The van der Waals surface area contributed by atoms with Crippen molar-refractivity contribution in [3.05, 3.63) is 80.9 Å². The Kier molecular flexibility index (Phi) is 3.99.